The predicted molar refractivity (Wildman–Crippen MR) is 50.3 cm³/mol. The summed E-state index contributed by atoms with van der Waals surface area (Å²) in [4.78, 5) is 2.07. The Morgan fingerprint density at radius 2 is 1.91 bits per heavy atom. The Hall–Kier alpha value is -0.690. The van der Waals surface area contributed by atoms with Crippen LogP contribution >= 0.6 is 11.6 Å². The number of rotatable bonds is 2. The molecule has 1 aromatic carbocycles. The van der Waals surface area contributed by atoms with E-state index in [4.69, 9.17) is 11.6 Å². The molecule has 1 aromatic rings. The second kappa shape index (κ2) is 3.63. The number of halogens is 1. The van der Waals surface area contributed by atoms with Crippen LogP contribution in [0.5, 0.6) is 0 Å². The predicted octanol–water partition coefficient (Wildman–Crippen LogP) is 2.49. The first-order valence-electron chi connectivity index (χ1n) is 3.57. The highest BCUT2D eigenvalue weighted by molar-refractivity contribution is 6.17. The van der Waals surface area contributed by atoms with Crippen molar-refractivity contribution in [2.45, 2.75) is 5.88 Å². The standard InChI is InChI=1S/C9H12ClN/c1-11(2)9-6-4-3-5-8(9)7-10/h3-6H,7H2,1-2H3. The zero-order valence-electron chi connectivity index (χ0n) is 6.84. The molecule has 0 radical (unpaired) electrons. The van der Waals surface area contributed by atoms with E-state index in [1.165, 1.54) is 11.3 Å². The van der Waals surface area contributed by atoms with Gasteiger partial charge in [-0.3, -0.25) is 0 Å². The maximum absolute atomic E-state index is 5.75. The lowest BCUT2D eigenvalue weighted by molar-refractivity contribution is 1.11. The first kappa shape index (κ1) is 8.41. The van der Waals surface area contributed by atoms with Gasteiger partial charge in [-0.25, -0.2) is 0 Å². The fourth-order valence-electron chi connectivity index (χ4n) is 1.06. The fourth-order valence-corrected chi connectivity index (χ4v) is 1.29. The van der Waals surface area contributed by atoms with Gasteiger partial charge in [0.15, 0.2) is 0 Å². The van der Waals surface area contributed by atoms with Crippen LogP contribution in [0.25, 0.3) is 0 Å². The largest absolute Gasteiger partial charge is 0.377 e. The molecular formula is C9H12ClN. The van der Waals surface area contributed by atoms with Gasteiger partial charge in [0.05, 0.1) is 0 Å². The first-order chi connectivity index (χ1) is 5.25. The zero-order chi connectivity index (χ0) is 8.27. The van der Waals surface area contributed by atoms with Crippen LogP contribution in [0.4, 0.5) is 5.69 Å². The fraction of sp³-hybridized carbons (Fsp3) is 0.333. The molecule has 0 amide bonds. The molecule has 0 saturated carbocycles. The van der Waals surface area contributed by atoms with Crippen LogP contribution in [0.1, 0.15) is 5.56 Å². The van der Waals surface area contributed by atoms with Crippen molar-refractivity contribution in [3.8, 4) is 0 Å². The molecule has 11 heavy (non-hydrogen) atoms. The van der Waals surface area contributed by atoms with Crippen molar-refractivity contribution >= 4 is 17.3 Å². The number of anilines is 1. The Morgan fingerprint density at radius 1 is 1.27 bits per heavy atom. The smallest absolute Gasteiger partial charge is 0.0494 e. The molecule has 0 aliphatic heterocycles. The van der Waals surface area contributed by atoms with Gasteiger partial charge < -0.3 is 4.90 Å². The summed E-state index contributed by atoms with van der Waals surface area (Å²) in [6.45, 7) is 0. The van der Waals surface area contributed by atoms with E-state index in [1.807, 2.05) is 32.3 Å². The van der Waals surface area contributed by atoms with Crippen LogP contribution in [-0.4, -0.2) is 14.1 Å². The molecule has 1 nitrogen and oxygen atoms in total. The van der Waals surface area contributed by atoms with E-state index in [2.05, 4.69) is 11.0 Å². The highest BCUT2D eigenvalue weighted by Crippen LogP contribution is 2.18. The van der Waals surface area contributed by atoms with E-state index in [-0.39, 0.29) is 0 Å². The van der Waals surface area contributed by atoms with Gasteiger partial charge in [0, 0.05) is 25.7 Å². The van der Waals surface area contributed by atoms with Crippen molar-refractivity contribution in [3.05, 3.63) is 29.8 Å². The summed E-state index contributed by atoms with van der Waals surface area (Å²) in [5.41, 5.74) is 2.38. The summed E-state index contributed by atoms with van der Waals surface area (Å²) in [7, 11) is 4.04. The van der Waals surface area contributed by atoms with E-state index in [0.717, 1.165) is 0 Å². The summed E-state index contributed by atoms with van der Waals surface area (Å²) >= 11 is 5.75. The molecule has 0 spiro atoms. The number of hydrogen-bond donors (Lipinski definition) is 0. The quantitative estimate of drug-likeness (QED) is 0.615. The van der Waals surface area contributed by atoms with Crippen LogP contribution in [0.15, 0.2) is 24.3 Å². The average molecular weight is 170 g/mol. The van der Waals surface area contributed by atoms with E-state index in [1.54, 1.807) is 0 Å². The van der Waals surface area contributed by atoms with Gasteiger partial charge in [0.2, 0.25) is 0 Å². The highest BCUT2D eigenvalue weighted by atomic mass is 35.5. The van der Waals surface area contributed by atoms with Crippen LogP contribution in [0.2, 0.25) is 0 Å². The SMILES string of the molecule is CN(C)c1ccccc1CCl. The lowest BCUT2D eigenvalue weighted by Crippen LogP contribution is -2.10. The molecule has 0 unspecified atom stereocenters. The Morgan fingerprint density at radius 3 is 2.36 bits per heavy atom. The molecule has 0 bridgehead atoms. The molecule has 0 N–H and O–H groups in total. The number of nitrogens with zero attached hydrogens (tertiary/aromatic N) is 1. The van der Waals surface area contributed by atoms with E-state index >= 15 is 0 Å². The third kappa shape index (κ3) is 1.87. The van der Waals surface area contributed by atoms with Gasteiger partial charge in [0.25, 0.3) is 0 Å². The van der Waals surface area contributed by atoms with Crippen molar-refractivity contribution in [1.82, 2.24) is 0 Å². The number of para-hydroxylation sites is 1. The second-order valence-electron chi connectivity index (χ2n) is 2.66. The van der Waals surface area contributed by atoms with Gasteiger partial charge in [-0.15, -0.1) is 11.6 Å². The number of benzene rings is 1. The van der Waals surface area contributed by atoms with Crippen molar-refractivity contribution in [2.24, 2.45) is 0 Å². The normalized spacial score (nSPS) is 9.73. The highest BCUT2D eigenvalue weighted by Gasteiger charge is 1.99. The van der Waals surface area contributed by atoms with Gasteiger partial charge in [0.1, 0.15) is 0 Å². The molecule has 0 atom stereocenters. The third-order valence-corrected chi connectivity index (χ3v) is 1.91. The van der Waals surface area contributed by atoms with E-state index in [9.17, 15) is 0 Å². The van der Waals surface area contributed by atoms with Crippen molar-refractivity contribution in [1.29, 1.82) is 0 Å². The molecule has 0 saturated heterocycles. The summed E-state index contributed by atoms with van der Waals surface area (Å²) in [5, 5.41) is 0. The Kier molecular flexibility index (Phi) is 2.77. The lowest BCUT2D eigenvalue weighted by Gasteiger charge is -2.15. The summed E-state index contributed by atoms with van der Waals surface area (Å²) in [6, 6.07) is 8.14. The molecule has 1 rings (SSSR count). The lowest BCUT2D eigenvalue weighted by atomic mass is 10.2. The minimum Gasteiger partial charge on any atom is -0.377 e. The summed E-state index contributed by atoms with van der Waals surface area (Å²) in [5.74, 6) is 0.578. The van der Waals surface area contributed by atoms with Gasteiger partial charge in [-0.05, 0) is 11.6 Å². The molecular weight excluding hydrogens is 158 g/mol. The van der Waals surface area contributed by atoms with Gasteiger partial charge in [-0.2, -0.15) is 0 Å². The van der Waals surface area contributed by atoms with E-state index in [0.29, 0.717) is 5.88 Å². The molecule has 0 fully saturated rings. The minimum absolute atomic E-state index is 0.578. The monoisotopic (exact) mass is 169 g/mol. The van der Waals surface area contributed by atoms with Crippen molar-refractivity contribution in [2.75, 3.05) is 19.0 Å². The topological polar surface area (TPSA) is 3.24 Å². The van der Waals surface area contributed by atoms with Gasteiger partial charge in [-0.1, -0.05) is 18.2 Å². The molecule has 0 aliphatic carbocycles. The van der Waals surface area contributed by atoms with E-state index < -0.39 is 0 Å². The van der Waals surface area contributed by atoms with Crippen LogP contribution < -0.4 is 4.90 Å². The second-order valence-corrected chi connectivity index (χ2v) is 2.92. The average Bonchev–Trinajstić information content (AvgIpc) is 2.04. The molecule has 0 aliphatic rings. The van der Waals surface area contributed by atoms with Crippen molar-refractivity contribution in [3.63, 3.8) is 0 Å². The van der Waals surface area contributed by atoms with Crippen molar-refractivity contribution < 1.29 is 0 Å². The maximum atomic E-state index is 5.75. The molecule has 0 heterocycles. The summed E-state index contributed by atoms with van der Waals surface area (Å²) < 4.78 is 0. The Labute approximate surface area is 72.6 Å². The third-order valence-electron chi connectivity index (χ3n) is 1.62. The van der Waals surface area contributed by atoms with Crippen LogP contribution in [-0.2, 0) is 5.88 Å². The Bertz CT molecular complexity index is 233. The molecule has 0 aromatic heterocycles. The molecule has 2 heteroatoms. The maximum Gasteiger partial charge on any atom is 0.0494 e. The van der Waals surface area contributed by atoms with Gasteiger partial charge >= 0.3 is 0 Å². The Balaban J connectivity index is 3.02. The summed E-state index contributed by atoms with van der Waals surface area (Å²) in [6.07, 6.45) is 0. The first-order valence-corrected chi connectivity index (χ1v) is 4.10. The number of alkyl halides is 1. The number of hydrogen-bond acceptors (Lipinski definition) is 1. The zero-order valence-corrected chi connectivity index (χ0v) is 7.60. The van der Waals surface area contributed by atoms with Crippen LogP contribution in [0.3, 0.4) is 0 Å². The van der Waals surface area contributed by atoms with Crippen LogP contribution in [0, 0.1) is 0 Å². The minimum atomic E-state index is 0.578. The molecule has 60 valence electrons.